The van der Waals surface area contributed by atoms with Crippen molar-refractivity contribution in [1.29, 1.82) is 5.26 Å². The number of hydrogen-bond acceptors (Lipinski definition) is 4. The van der Waals surface area contributed by atoms with Crippen LogP contribution in [0.15, 0.2) is 18.2 Å². The molecule has 0 aliphatic heterocycles. The van der Waals surface area contributed by atoms with E-state index in [1.165, 1.54) is 0 Å². The second-order valence-electron chi connectivity index (χ2n) is 3.57. The standard InChI is InChI=1S/C13H18N2O2/c1-4-15(7-8-16-2)13-9-12(17-3)6-5-11(13)10-14/h5-6,9H,4,7-8H2,1-3H3. The second-order valence-corrected chi connectivity index (χ2v) is 3.57. The molecular weight excluding hydrogens is 216 g/mol. The highest BCUT2D eigenvalue weighted by atomic mass is 16.5. The van der Waals surface area contributed by atoms with Gasteiger partial charge < -0.3 is 14.4 Å². The molecule has 0 atom stereocenters. The first-order valence-corrected chi connectivity index (χ1v) is 5.58. The van der Waals surface area contributed by atoms with Gasteiger partial charge in [-0.2, -0.15) is 5.26 Å². The normalized spacial score (nSPS) is 9.76. The summed E-state index contributed by atoms with van der Waals surface area (Å²) in [5, 5.41) is 9.10. The van der Waals surface area contributed by atoms with Gasteiger partial charge in [0.1, 0.15) is 11.8 Å². The molecule has 0 radical (unpaired) electrons. The lowest BCUT2D eigenvalue weighted by Crippen LogP contribution is -2.27. The highest BCUT2D eigenvalue weighted by Crippen LogP contribution is 2.25. The van der Waals surface area contributed by atoms with Crippen LogP contribution in [-0.2, 0) is 4.74 Å². The van der Waals surface area contributed by atoms with E-state index >= 15 is 0 Å². The van der Waals surface area contributed by atoms with Gasteiger partial charge in [-0.3, -0.25) is 0 Å². The number of hydrogen-bond donors (Lipinski definition) is 0. The van der Waals surface area contributed by atoms with Gasteiger partial charge in [-0.05, 0) is 19.1 Å². The summed E-state index contributed by atoms with van der Waals surface area (Å²) in [6, 6.07) is 7.67. The first-order valence-electron chi connectivity index (χ1n) is 5.58. The van der Waals surface area contributed by atoms with Gasteiger partial charge in [0.2, 0.25) is 0 Å². The first-order chi connectivity index (χ1) is 8.26. The van der Waals surface area contributed by atoms with Crippen LogP contribution in [0.3, 0.4) is 0 Å². The number of nitrogens with zero attached hydrogens (tertiary/aromatic N) is 2. The number of nitriles is 1. The van der Waals surface area contributed by atoms with E-state index in [1.807, 2.05) is 6.07 Å². The molecule has 0 saturated heterocycles. The van der Waals surface area contributed by atoms with Crippen molar-refractivity contribution in [3.05, 3.63) is 23.8 Å². The average Bonchev–Trinajstić information content (AvgIpc) is 2.39. The van der Waals surface area contributed by atoms with E-state index in [0.29, 0.717) is 12.2 Å². The number of rotatable bonds is 6. The van der Waals surface area contributed by atoms with Crippen molar-refractivity contribution in [2.45, 2.75) is 6.92 Å². The Balaban J connectivity index is 3.02. The van der Waals surface area contributed by atoms with Crippen LogP contribution in [0.1, 0.15) is 12.5 Å². The Kier molecular flexibility index (Phi) is 5.31. The van der Waals surface area contributed by atoms with Crippen molar-refractivity contribution in [2.75, 3.05) is 38.8 Å². The minimum absolute atomic E-state index is 0.635. The van der Waals surface area contributed by atoms with Crippen LogP contribution in [0.5, 0.6) is 5.75 Å². The topological polar surface area (TPSA) is 45.5 Å². The molecule has 4 heteroatoms. The van der Waals surface area contributed by atoms with E-state index in [4.69, 9.17) is 14.7 Å². The Morgan fingerprint density at radius 3 is 2.65 bits per heavy atom. The molecule has 92 valence electrons. The molecule has 0 aromatic heterocycles. The SMILES string of the molecule is CCN(CCOC)c1cc(OC)ccc1C#N. The zero-order valence-electron chi connectivity index (χ0n) is 10.6. The largest absolute Gasteiger partial charge is 0.497 e. The van der Waals surface area contributed by atoms with E-state index in [9.17, 15) is 0 Å². The molecule has 0 saturated carbocycles. The fourth-order valence-corrected chi connectivity index (χ4v) is 1.64. The molecule has 1 aromatic carbocycles. The summed E-state index contributed by atoms with van der Waals surface area (Å²) in [7, 11) is 3.29. The fraction of sp³-hybridized carbons (Fsp3) is 0.462. The summed E-state index contributed by atoms with van der Waals surface area (Å²) in [5.74, 6) is 0.759. The number of likely N-dealkylation sites (N-methyl/N-ethyl adjacent to an activating group) is 1. The molecule has 0 fully saturated rings. The van der Waals surface area contributed by atoms with Gasteiger partial charge in [0.25, 0.3) is 0 Å². The van der Waals surface area contributed by atoms with Gasteiger partial charge in [0.15, 0.2) is 0 Å². The molecule has 0 heterocycles. The smallest absolute Gasteiger partial charge is 0.121 e. The van der Waals surface area contributed by atoms with Gasteiger partial charge in [0, 0.05) is 26.3 Å². The quantitative estimate of drug-likeness (QED) is 0.755. The summed E-state index contributed by atoms with van der Waals surface area (Å²) in [6.45, 7) is 4.27. The van der Waals surface area contributed by atoms with E-state index in [2.05, 4.69) is 17.9 Å². The van der Waals surface area contributed by atoms with Gasteiger partial charge in [-0.1, -0.05) is 0 Å². The molecule has 17 heavy (non-hydrogen) atoms. The molecule has 0 spiro atoms. The Labute approximate surface area is 102 Å². The average molecular weight is 234 g/mol. The van der Waals surface area contributed by atoms with Crippen molar-refractivity contribution in [1.82, 2.24) is 0 Å². The van der Waals surface area contributed by atoms with Crippen molar-refractivity contribution < 1.29 is 9.47 Å². The summed E-state index contributed by atoms with van der Waals surface area (Å²) in [6.07, 6.45) is 0. The molecule has 0 N–H and O–H groups in total. The summed E-state index contributed by atoms with van der Waals surface area (Å²) >= 11 is 0. The zero-order valence-corrected chi connectivity index (χ0v) is 10.6. The predicted molar refractivity (Wildman–Crippen MR) is 67.5 cm³/mol. The third-order valence-electron chi connectivity index (χ3n) is 2.61. The first kappa shape index (κ1) is 13.3. The second kappa shape index (κ2) is 6.77. The van der Waals surface area contributed by atoms with Crippen LogP contribution >= 0.6 is 0 Å². The van der Waals surface area contributed by atoms with Crippen molar-refractivity contribution in [2.24, 2.45) is 0 Å². The van der Waals surface area contributed by atoms with Crippen LogP contribution in [0.2, 0.25) is 0 Å². The number of methoxy groups -OCH3 is 2. The molecule has 0 bridgehead atoms. The molecular formula is C13H18N2O2. The summed E-state index contributed by atoms with van der Waals surface area (Å²) in [4.78, 5) is 2.10. The lowest BCUT2D eigenvalue weighted by molar-refractivity contribution is 0.205. The highest BCUT2D eigenvalue weighted by molar-refractivity contribution is 5.62. The van der Waals surface area contributed by atoms with Gasteiger partial charge >= 0.3 is 0 Å². The van der Waals surface area contributed by atoms with Crippen molar-refractivity contribution in [3.8, 4) is 11.8 Å². The van der Waals surface area contributed by atoms with E-state index in [-0.39, 0.29) is 0 Å². The van der Waals surface area contributed by atoms with Crippen LogP contribution < -0.4 is 9.64 Å². The molecule has 0 amide bonds. The van der Waals surface area contributed by atoms with E-state index in [0.717, 1.165) is 24.5 Å². The Hall–Kier alpha value is -1.73. The lowest BCUT2D eigenvalue weighted by Gasteiger charge is -2.24. The molecule has 4 nitrogen and oxygen atoms in total. The predicted octanol–water partition coefficient (Wildman–Crippen LogP) is 2.04. The molecule has 0 unspecified atom stereocenters. The Bertz CT molecular complexity index is 399. The molecule has 0 aliphatic carbocycles. The van der Waals surface area contributed by atoms with Crippen LogP contribution in [0.25, 0.3) is 0 Å². The van der Waals surface area contributed by atoms with E-state index in [1.54, 1.807) is 26.4 Å². The monoisotopic (exact) mass is 234 g/mol. The van der Waals surface area contributed by atoms with Gasteiger partial charge in [-0.15, -0.1) is 0 Å². The van der Waals surface area contributed by atoms with Crippen LogP contribution in [0.4, 0.5) is 5.69 Å². The van der Waals surface area contributed by atoms with Gasteiger partial charge in [0.05, 0.1) is 25.0 Å². The lowest BCUT2D eigenvalue weighted by atomic mass is 10.1. The minimum atomic E-state index is 0.635. The number of ether oxygens (including phenoxy) is 2. The van der Waals surface area contributed by atoms with Crippen LogP contribution in [-0.4, -0.2) is 33.9 Å². The zero-order chi connectivity index (χ0) is 12.7. The fourth-order valence-electron chi connectivity index (χ4n) is 1.64. The maximum absolute atomic E-state index is 9.10. The number of benzene rings is 1. The maximum Gasteiger partial charge on any atom is 0.121 e. The van der Waals surface area contributed by atoms with Crippen molar-refractivity contribution >= 4 is 5.69 Å². The Morgan fingerprint density at radius 1 is 1.35 bits per heavy atom. The molecule has 0 aliphatic rings. The Morgan fingerprint density at radius 2 is 2.12 bits per heavy atom. The van der Waals surface area contributed by atoms with Gasteiger partial charge in [-0.25, -0.2) is 0 Å². The maximum atomic E-state index is 9.10. The number of anilines is 1. The van der Waals surface area contributed by atoms with Crippen molar-refractivity contribution in [3.63, 3.8) is 0 Å². The summed E-state index contributed by atoms with van der Waals surface area (Å²) in [5.41, 5.74) is 1.55. The van der Waals surface area contributed by atoms with Crippen LogP contribution in [0, 0.1) is 11.3 Å². The highest BCUT2D eigenvalue weighted by Gasteiger charge is 2.10. The third-order valence-corrected chi connectivity index (χ3v) is 2.61. The summed E-state index contributed by atoms with van der Waals surface area (Å²) < 4.78 is 10.3. The minimum Gasteiger partial charge on any atom is -0.497 e. The third kappa shape index (κ3) is 3.36. The van der Waals surface area contributed by atoms with E-state index < -0.39 is 0 Å². The molecule has 1 rings (SSSR count). The molecule has 1 aromatic rings.